The monoisotopic (exact) mass is 488 g/mol. The summed E-state index contributed by atoms with van der Waals surface area (Å²) >= 11 is 0. The minimum atomic E-state index is -1.82. The van der Waals surface area contributed by atoms with Crippen LogP contribution >= 0.6 is 0 Å². The molecule has 3 aromatic rings. The third-order valence-electron chi connectivity index (χ3n) is 5.75. The van der Waals surface area contributed by atoms with E-state index in [-0.39, 0.29) is 17.3 Å². The minimum Gasteiger partial charge on any atom is -0.398 e. The van der Waals surface area contributed by atoms with Gasteiger partial charge in [-0.25, -0.2) is 17.3 Å². The predicted molar refractivity (Wildman–Crippen MR) is 128 cm³/mol. The lowest BCUT2D eigenvalue weighted by atomic mass is 9.84. The van der Waals surface area contributed by atoms with Crippen molar-refractivity contribution in [2.24, 2.45) is 0 Å². The zero-order valence-corrected chi connectivity index (χ0v) is 20.1. The van der Waals surface area contributed by atoms with E-state index in [9.17, 15) is 17.8 Å². The molecular formula is C23H26F2N6O2S. The molecule has 4 rings (SSSR count). The van der Waals surface area contributed by atoms with Crippen LogP contribution < -0.4 is 16.0 Å². The average molecular weight is 489 g/mol. The molecule has 1 unspecified atom stereocenters. The number of hydrogen-bond donors (Lipinski definition) is 3. The van der Waals surface area contributed by atoms with Crippen LogP contribution in [0.1, 0.15) is 35.5 Å². The standard InChI is InChI=1S/C23H26F2N6O2S/c1-23(2)12-31(34(33)16-8-13(24)7-14(25)9-16)11-18-20(23)28-29-21(18)27-22(32)17-6-5-15(30(3)4)10-19(17)26/h5-10H,11-12,26H2,1-4H3,(H2,27,28,29,32). The highest BCUT2D eigenvalue weighted by molar-refractivity contribution is 7.82. The Morgan fingerprint density at radius 1 is 1.21 bits per heavy atom. The minimum absolute atomic E-state index is 0.0274. The number of fused-ring (bicyclic) bond motifs is 1. The van der Waals surface area contributed by atoms with Gasteiger partial charge < -0.3 is 16.0 Å². The third kappa shape index (κ3) is 4.53. The van der Waals surface area contributed by atoms with Crippen LogP contribution in [0.2, 0.25) is 0 Å². The van der Waals surface area contributed by atoms with Gasteiger partial charge in [-0.3, -0.25) is 9.89 Å². The molecule has 1 aliphatic rings. The summed E-state index contributed by atoms with van der Waals surface area (Å²) in [4.78, 5) is 14.9. The van der Waals surface area contributed by atoms with Crippen LogP contribution in [-0.4, -0.2) is 45.3 Å². The molecule has 1 aromatic heterocycles. The second-order valence-corrected chi connectivity index (χ2v) is 10.6. The first-order valence-corrected chi connectivity index (χ1v) is 11.7. The molecule has 0 bridgehead atoms. The Balaban J connectivity index is 1.62. The van der Waals surface area contributed by atoms with Crippen molar-refractivity contribution in [1.82, 2.24) is 14.5 Å². The fourth-order valence-corrected chi connectivity index (χ4v) is 5.45. The van der Waals surface area contributed by atoms with Crippen molar-refractivity contribution in [2.75, 3.05) is 36.6 Å². The summed E-state index contributed by atoms with van der Waals surface area (Å²) in [6.07, 6.45) is 0. The van der Waals surface area contributed by atoms with Gasteiger partial charge in [0.05, 0.1) is 10.5 Å². The molecule has 11 heteroatoms. The first-order chi connectivity index (χ1) is 16.0. The molecular weight excluding hydrogens is 462 g/mol. The number of aromatic nitrogens is 2. The molecule has 0 saturated carbocycles. The average Bonchev–Trinajstić information content (AvgIpc) is 3.15. The number of H-pyrrole nitrogens is 1. The molecule has 0 radical (unpaired) electrons. The van der Waals surface area contributed by atoms with Crippen LogP contribution in [0.5, 0.6) is 0 Å². The van der Waals surface area contributed by atoms with Gasteiger partial charge in [0.1, 0.15) is 22.6 Å². The molecule has 180 valence electrons. The van der Waals surface area contributed by atoms with E-state index in [1.807, 2.05) is 32.8 Å². The van der Waals surface area contributed by atoms with E-state index in [1.54, 1.807) is 22.5 Å². The van der Waals surface area contributed by atoms with E-state index in [4.69, 9.17) is 5.73 Å². The normalized spacial score (nSPS) is 16.1. The number of nitrogens with two attached hydrogens (primary N) is 1. The van der Waals surface area contributed by atoms with Gasteiger partial charge in [-0.05, 0) is 30.3 Å². The van der Waals surface area contributed by atoms with Gasteiger partial charge in [0.2, 0.25) is 0 Å². The largest absolute Gasteiger partial charge is 0.398 e. The highest BCUT2D eigenvalue weighted by Gasteiger charge is 2.38. The van der Waals surface area contributed by atoms with Crippen LogP contribution in [-0.2, 0) is 22.9 Å². The molecule has 0 aliphatic carbocycles. The molecule has 34 heavy (non-hydrogen) atoms. The highest BCUT2D eigenvalue weighted by atomic mass is 32.2. The van der Waals surface area contributed by atoms with Crippen molar-refractivity contribution < 1.29 is 17.8 Å². The van der Waals surface area contributed by atoms with Crippen LogP contribution in [0.25, 0.3) is 0 Å². The van der Waals surface area contributed by atoms with Crippen molar-refractivity contribution in [3.05, 3.63) is 64.9 Å². The number of amides is 1. The number of carbonyl (C=O) groups is 1. The number of halogens is 2. The van der Waals surface area contributed by atoms with E-state index in [0.717, 1.165) is 29.6 Å². The maximum atomic E-state index is 13.7. The van der Waals surface area contributed by atoms with Gasteiger partial charge in [-0.2, -0.15) is 5.10 Å². The second-order valence-electron chi connectivity index (χ2n) is 9.08. The molecule has 1 atom stereocenters. The van der Waals surface area contributed by atoms with Crippen LogP contribution in [0.3, 0.4) is 0 Å². The van der Waals surface area contributed by atoms with Crippen molar-refractivity contribution in [3.8, 4) is 0 Å². The molecule has 0 fully saturated rings. The summed E-state index contributed by atoms with van der Waals surface area (Å²) < 4.78 is 42.2. The lowest BCUT2D eigenvalue weighted by Crippen LogP contribution is -2.43. The number of hydrogen-bond acceptors (Lipinski definition) is 5. The first-order valence-electron chi connectivity index (χ1n) is 10.5. The van der Waals surface area contributed by atoms with E-state index in [1.165, 1.54) is 0 Å². The van der Waals surface area contributed by atoms with Crippen LogP contribution in [0.15, 0.2) is 41.3 Å². The van der Waals surface area contributed by atoms with Gasteiger partial charge in [-0.15, -0.1) is 0 Å². The van der Waals surface area contributed by atoms with Gasteiger partial charge in [0.25, 0.3) is 5.91 Å². The molecule has 4 N–H and O–H groups in total. The number of aromatic amines is 1. The molecule has 2 heterocycles. The first kappa shape index (κ1) is 23.8. The van der Waals surface area contributed by atoms with Gasteiger partial charge in [0, 0.05) is 61.3 Å². The second kappa shape index (κ2) is 8.80. The molecule has 8 nitrogen and oxygen atoms in total. The summed E-state index contributed by atoms with van der Waals surface area (Å²) in [7, 11) is 1.93. The zero-order valence-electron chi connectivity index (χ0n) is 19.3. The van der Waals surface area contributed by atoms with E-state index < -0.39 is 33.9 Å². The predicted octanol–water partition coefficient (Wildman–Crippen LogP) is 3.40. The topological polar surface area (TPSA) is 107 Å². The number of benzene rings is 2. The Bertz CT molecular complexity index is 1270. The highest BCUT2D eigenvalue weighted by Crippen LogP contribution is 2.37. The molecule has 1 aliphatic heterocycles. The quantitative estimate of drug-likeness (QED) is 0.477. The summed E-state index contributed by atoms with van der Waals surface area (Å²) in [6, 6.07) is 7.99. The van der Waals surface area contributed by atoms with E-state index >= 15 is 0 Å². The number of nitrogens with one attached hydrogen (secondary N) is 2. The van der Waals surface area contributed by atoms with Gasteiger partial charge in [-0.1, -0.05) is 13.8 Å². The zero-order chi connectivity index (χ0) is 24.8. The Labute approximate surface area is 198 Å². The lowest BCUT2D eigenvalue weighted by molar-refractivity contribution is 0.102. The SMILES string of the molecule is CN(C)c1ccc(C(=O)Nc2n[nH]c3c2CN(S(=O)c2cc(F)cc(F)c2)CC3(C)C)c(N)c1. The third-order valence-corrected chi connectivity index (χ3v) is 7.12. The van der Waals surface area contributed by atoms with Crippen LogP contribution in [0.4, 0.5) is 26.0 Å². The number of rotatable bonds is 5. The summed E-state index contributed by atoms with van der Waals surface area (Å²) in [5.74, 6) is -1.74. The van der Waals surface area contributed by atoms with Crippen molar-refractivity contribution in [2.45, 2.75) is 30.7 Å². The number of nitrogen functional groups attached to an aromatic ring is 1. The Morgan fingerprint density at radius 2 is 1.88 bits per heavy atom. The molecule has 0 saturated heterocycles. The van der Waals surface area contributed by atoms with Gasteiger partial charge >= 0.3 is 0 Å². The van der Waals surface area contributed by atoms with E-state index in [0.29, 0.717) is 23.4 Å². The Hall–Kier alpha value is -3.31. The number of anilines is 3. The van der Waals surface area contributed by atoms with Crippen molar-refractivity contribution in [1.29, 1.82) is 0 Å². The summed E-state index contributed by atoms with van der Waals surface area (Å²) in [5.41, 5.74) is 8.50. The lowest BCUT2D eigenvalue weighted by Gasteiger charge is -2.36. The van der Waals surface area contributed by atoms with Crippen molar-refractivity contribution in [3.63, 3.8) is 0 Å². The maximum absolute atomic E-state index is 13.7. The Kier molecular flexibility index (Phi) is 6.17. The Morgan fingerprint density at radius 3 is 2.50 bits per heavy atom. The molecule has 0 spiro atoms. The molecule has 1 amide bonds. The van der Waals surface area contributed by atoms with Crippen molar-refractivity contribution >= 4 is 34.1 Å². The van der Waals surface area contributed by atoms with Gasteiger partial charge in [0.15, 0.2) is 5.82 Å². The van der Waals surface area contributed by atoms with E-state index in [2.05, 4.69) is 15.5 Å². The number of carbonyl (C=O) groups excluding carboxylic acids is 1. The smallest absolute Gasteiger partial charge is 0.258 e. The number of nitrogens with zero attached hydrogens (tertiary/aromatic N) is 3. The van der Waals surface area contributed by atoms with Crippen LogP contribution in [0, 0.1) is 11.6 Å². The fraction of sp³-hybridized carbons (Fsp3) is 0.304. The fourth-order valence-electron chi connectivity index (χ4n) is 4.04. The maximum Gasteiger partial charge on any atom is 0.258 e. The summed E-state index contributed by atoms with van der Waals surface area (Å²) in [6.45, 7) is 4.37. The summed E-state index contributed by atoms with van der Waals surface area (Å²) in [5, 5.41) is 10.0. The molecule has 2 aromatic carbocycles.